The fraction of sp³-hybridized carbons (Fsp3) is 0.714. The number of fused-ring (bicyclic) bond motifs is 1. The number of carbonyl (C=O) groups excluding carboxylic acids is 2. The van der Waals surface area contributed by atoms with Crippen LogP contribution in [0.1, 0.15) is 85.3 Å². The van der Waals surface area contributed by atoms with E-state index >= 15 is 0 Å². The van der Waals surface area contributed by atoms with Gasteiger partial charge in [0.15, 0.2) is 0 Å². The molecule has 1 atom stereocenters. The average Bonchev–Trinajstić information content (AvgIpc) is 2.77. The molecule has 1 heterocycles. The quantitative estimate of drug-likeness (QED) is 0.257. The number of hydrogen-bond acceptors (Lipinski definition) is 8. The van der Waals surface area contributed by atoms with Crippen LogP contribution in [0.15, 0.2) is 18.2 Å². The highest BCUT2D eigenvalue weighted by molar-refractivity contribution is 5.71. The van der Waals surface area contributed by atoms with Gasteiger partial charge < -0.3 is 33.7 Å². The predicted molar refractivity (Wildman–Crippen MR) is 140 cm³/mol. The molecule has 0 saturated heterocycles. The lowest BCUT2D eigenvalue weighted by molar-refractivity contribution is -0.160. The Kier molecular flexibility index (Phi) is 12.5. The first-order chi connectivity index (χ1) is 17.4. The number of unbranched alkanes of at least 4 members (excludes halogenated alkanes) is 2. The molecule has 210 valence electrons. The second-order valence-electron chi connectivity index (χ2n) is 11.0. The van der Waals surface area contributed by atoms with Crippen LogP contribution in [0, 0.1) is 0 Å². The molecule has 1 aromatic carbocycles. The van der Waals surface area contributed by atoms with Crippen LogP contribution in [0.25, 0.3) is 0 Å². The van der Waals surface area contributed by atoms with E-state index in [0.717, 1.165) is 42.7 Å². The van der Waals surface area contributed by atoms with Crippen LogP contribution < -0.4 is 14.8 Å². The van der Waals surface area contributed by atoms with E-state index in [9.17, 15) is 9.59 Å². The van der Waals surface area contributed by atoms with Gasteiger partial charge in [0.1, 0.15) is 29.3 Å². The molecule has 37 heavy (non-hydrogen) atoms. The van der Waals surface area contributed by atoms with Gasteiger partial charge in [-0.2, -0.15) is 0 Å². The third-order valence-electron chi connectivity index (χ3n) is 5.13. The van der Waals surface area contributed by atoms with Crippen molar-refractivity contribution < 1.29 is 38.0 Å². The Hall–Kier alpha value is -2.52. The second kappa shape index (κ2) is 15.0. The molecule has 1 N–H and O–H groups in total. The molecule has 0 saturated carbocycles. The molecule has 0 aliphatic carbocycles. The predicted octanol–water partition coefficient (Wildman–Crippen LogP) is 5.35. The molecule has 1 aliphatic heterocycles. The summed E-state index contributed by atoms with van der Waals surface area (Å²) in [5.41, 5.74) is -0.141. The number of rotatable bonds is 14. The zero-order valence-electron chi connectivity index (χ0n) is 23.4. The molecule has 9 nitrogen and oxygen atoms in total. The third kappa shape index (κ3) is 13.6. The fourth-order valence-corrected chi connectivity index (χ4v) is 3.63. The highest BCUT2D eigenvalue weighted by atomic mass is 16.6. The van der Waals surface area contributed by atoms with Crippen LogP contribution in [-0.2, 0) is 23.7 Å². The summed E-state index contributed by atoms with van der Waals surface area (Å²) in [7, 11) is 0. The Morgan fingerprint density at radius 2 is 1.57 bits per heavy atom. The van der Waals surface area contributed by atoms with Crippen LogP contribution in [-0.4, -0.2) is 62.9 Å². The number of amides is 1. The van der Waals surface area contributed by atoms with Crippen molar-refractivity contribution >= 4 is 12.1 Å². The Balaban J connectivity index is 1.56. The first-order valence-electron chi connectivity index (χ1n) is 13.2. The van der Waals surface area contributed by atoms with E-state index in [1.165, 1.54) is 0 Å². The van der Waals surface area contributed by atoms with E-state index in [0.29, 0.717) is 39.5 Å². The molecule has 1 aromatic rings. The summed E-state index contributed by atoms with van der Waals surface area (Å²) in [6.07, 6.45) is 3.82. The minimum atomic E-state index is -0.550. The lowest BCUT2D eigenvalue weighted by atomic mass is 10.0. The lowest BCUT2D eigenvalue weighted by Crippen LogP contribution is -2.36. The van der Waals surface area contributed by atoms with Crippen LogP contribution >= 0.6 is 0 Å². The van der Waals surface area contributed by atoms with Crippen molar-refractivity contribution in [3.63, 3.8) is 0 Å². The zero-order chi connectivity index (χ0) is 27.3. The molecule has 9 heteroatoms. The van der Waals surface area contributed by atoms with Gasteiger partial charge in [0.05, 0.1) is 19.3 Å². The van der Waals surface area contributed by atoms with Gasteiger partial charge in [-0.05, 0) is 85.4 Å². The summed E-state index contributed by atoms with van der Waals surface area (Å²) < 4.78 is 33.2. The summed E-state index contributed by atoms with van der Waals surface area (Å²) in [6, 6.07) is 5.54. The second-order valence-corrected chi connectivity index (χ2v) is 11.0. The number of benzene rings is 1. The normalized spacial score (nSPS) is 15.4. The van der Waals surface area contributed by atoms with E-state index < -0.39 is 17.3 Å². The monoisotopic (exact) mass is 523 g/mol. The summed E-state index contributed by atoms with van der Waals surface area (Å²) in [5, 5.41) is 2.94. The standard InChI is InChI=1S/C28H45NO8/c1-27(2,3)36-25(30)20-33-16-10-15-32-14-8-7-9-17-34-21-11-12-24-22(19-21)23(13-18-35-24)29-26(31)37-28(4,5)6/h11-12,19,23H,7-10,13-18,20H2,1-6H3,(H,29,31)/t23-/m0/s1. The molecule has 0 unspecified atom stereocenters. The zero-order valence-corrected chi connectivity index (χ0v) is 23.4. The van der Waals surface area contributed by atoms with Gasteiger partial charge in [-0.3, -0.25) is 0 Å². The highest BCUT2D eigenvalue weighted by Gasteiger charge is 2.26. The van der Waals surface area contributed by atoms with Crippen LogP contribution in [0.2, 0.25) is 0 Å². The van der Waals surface area contributed by atoms with Gasteiger partial charge in [0.25, 0.3) is 0 Å². The molecule has 2 rings (SSSR count). The molecule has 1 amide bonds. The fourth-order valence-electron chi connectivity index (χ4n) is 3.63. The maximum Gasteiger partial charge on any atom is 0.408 e. The number of alkyl carbamates (subject to hydrolysis) is 1. The van der Waals surface area contributed by atoms with Gasteiger partial charge in [-0.1, -0.05) is 0 Å². The van der Waals surface area contributed by atoms with Crippen molar-refractivity contribution in [2.75, 3.05) is 39.6 Å². The van der Waals surface area contributed by atoms with E-state index in [1.807, 2.05) is 59.7 Å². The van der Waals surface area contributed by atoms with Gasteiger partial charge in [-0.15, -0.1) is 0 Å². The van der Waals surface area contributed by atoms with Gasteiger partial charge >= 0.3 is 12.1 Å². The highest BCUT2D eigenvalue weighted by Crippen LogP contribution is 2.35. The summed E-state index contributed by atoms with van der Waals surface area (Å²) in [6.45, 7) is 13.9. The number of esters is 1. The van der Waals surface area contributed by atoms with E-state index in [1.54, 1.807) is 0 Å². The van der Waals surface area contributed by atoms with Crippen molar-refractivity contribution in [1.82, 2.24) is 5.32 Å². The van der Waals surface area contributed by atoms with Crippen molar-refractivity contribution in [2.45, 2.75) is 90.9 Å². The molecule has 0 bridgehead atoms. The molecule has 1 aliphatic rings. The van der Waals surface area contributed by atoms with E-state index in [-0.39, 0.29) is 18.6 Å². The lowest BCUT2D eigenvalue weighted by Gasteiger charge is -2.28. The molecule has 0 radical (unpaired) electrons. The number of hydrogen-bond donors (Lipinski definition) is 1. The van der Waals surface area contributed by atoms with E-state index in [2.05, 4.69) is 5.32 Å². The first kappa shape index (κ1) is 30.7. The Labute approximate surface area is 221 Å². The summed E-state index contributed by atoms with van der Waals surface area (Å²) in [5.74, 6) is 1.16. The number of carbonyl (C=O) groups is 2. The number of ether oxygens (including phenoxy) is 6. The van der Waals surface area contributed by atoms with Gasteiger partial charge in [0.2, 0.25) is 0 Å². The maximum absolute atomic E-state index is 12.2. The smallest absolute Gasteiger partial charge is 0.408 e. The SMILES string of the molecule is CC(C)(C)OC(=O)COCCCOCCCCCOc1ccc2c(c1)[C@@H](NC(=O)OC(C)(C)C)CCO2. The summed E-state index contributed by atoms with van der Waals surface area (Å²) >= 11 is 0. The Bertz CT molecular complexity index is 844. The van der Waals surface area contributed by atoms with Gasteiger partial charge in [0, 0.05) is 31.8 Å². The topological polar surface area (TPSA) is 102 Å². The van der Waals surface area contributed by atoms with Crippen molar-refractivity contribution in [3.8, 4) is 11.5 Å². The molecule has 0 spiro atoms. The van der Waals surface area contributed by atoms with Crippen molar-refractivity contribution in [3.05, 3.63) is 23.8 Å². The van der Waals surface area contributed by atoms with Crippen LogP contribution in [0.4, 0.5) is 4.79 Å². The Morgan fingerprint density at radius 3 is 2.30 bits per heavy atom. The minimum Gasteiger partial charge on any atom is -0.494 e. The minimum absolute atomic E-state index is 0.0323. The Morgan fingerprint density at radius 1 is 0.892 bits per heavy atom. The average molecular weight is 524 g/mol. The summed E-state index contributed by atoms with van der Waals surface area (Å²) in [4.78, 5) is 23.8. The maximum atomic E-state index is 12.2. The van der Waals surface area contributed by atoms with Crippen LogP contribution in [0.3, 0.4) is 0 Å². The number of nitrogens with one attached hydrogen (secondary N) is 1. The van der Waals surface area contributed by atoms with Crippen molar-refractivity contribution in [1.29, 1.82) is 0 Å². The van der Waals surface area contributed by atoms with Crippen LogP contribution in [0.5, 0.6) is 11.5 Å². The molecule has 0 aromatic heterocycles. The molecular formula is C28H45NO8. The van der Waals surface area contributed by atoms with Crippen molar-refractivity contribution in [2.24, 2.45) is 0 Å². The molecule has 0 fully saturated rings. The van der Waals surface area contributed by atoms with Gasteiger partial charge in [-0.25, -0.2) is 9.59 Å². The largest absolute Gasteiger partial charge is 0.494 e. The molecular weight excluding hydrogens is 478 g/mol. The first-order valence-corrected chi connectivity index (χ1v) is 13.2. The third-order valence-corrected chi connectivity index (χ3v) is 5.13. The van der Waals surface area contributed by atoms with E-state index in [4.69, 9.17) is 28.4 Å².